The molecule has 0 spiro atoms. The molecule has 0 bridgehead atoms. The summed E-state index contributed by atoms with van der Waals surface area (Å²) in [6, 6.07) is 0. The van der Waals surface area contributed by atoms with Crippen molar-refractivity contribution in [1.82, 2.24) is 0 Å². The molecular formula is C33H60O2Si2. The van der Waals surface area contributed by atoms with Crippen molar-refractivity contribution in [3.05, 3.63) is 23.3 Å². The molecule has 3 saturated carbocycles. The summed E-state index contributed by atoms with van der Waals surface area (Å²) in [5.74, 6) is 1.60. The smallest absolute Gasteiger partial charge is 0.195 e. The maximum absolute atomic E-state index is 7.75. The van der Waals surface area contributed by atoms with E-state index in [2.05, 4.69) is 101 Å². The highest BCUT2D eigenvalue weighted by Gasteiger charge is 2.66. The van der Waals surface area contributed by atoms with Gasteiger partial charge in [0.05, 0.1) is 0 Å². The lowest BCUT2D eigenvalue weighted by Crippen LogP contribution is -2.67. The van der Waals surface area contributed by atoms with Gasteiger partial charge in [-0.25, -0.2) is 0 Å². The van der Waals surface area contributed by atoms with Gasteiger partial charge in [0.2, 0.25) is 0 Å². The van der Waals surface area contributed by atoms with Crippen molar-refractivity contribution in [1.29, 1.82) is 0 Å². The van der Waals surface area contributed by atoms with Crippen LogP contribution in [0.25, 0.3) is 0 Å². The lowest BCUT2D eigenvalue weighted by molar-refractivity contribution is -0.232. The number of hydrogen-bond donors (Lipinski definition) is 0. The molecule has 37 heavy (non-hydrogen) atoms. The molecule has 2 nitrogen and oxygen atoms in total. The van der Waals surface area contributed by atoms with Crippen LogP contribution >= 0.6 is 0 Å². The fourth-order valence-electron chi connectivity index (χ4n) is 8.31. The summed E-state index contributed by atoms with van der Waals surface area (Å²) < 4.78 is 15.5. The molecule has 0 heterocycles. The van der Waals surface area contributed by atoms with Gasteiger partial charge in [0, 0.05) is 11.8 Å². The zero-order valence-electron chi connectivity index (χ0n) is 26.9. The van der Waals surface area contributed by atoms with E-state index in [1.54, 1.807) is 11.1 Å². The molecule has 0 radical (unpaired) electrons. The van der Waals surface area contributed by atoms with Crippen LogP contribution in [0, 0.1) is 28.6 Å². The Kier molecular flexibility index (Phi) is 7.39. The monoisotopic (exact) mass is 544 g/mol. The fourth-order valence-corrected chi connectivity index (χ4v) is 11.4. The molecule has 0 N–H and O–H groups in total. The third-order valence-corrected chi connectivity index (χ3v) is 21.7. The van der Waals surface area contributed by atoms with Gasteiger partial charge in [0.25, 0.3) is 0 Å². The van der Waals surface area contributed by atoms with Crippen LogP contribution in [0.2, 0.25) is 36.3 Å². The summed E-state index contributed by atoms with van der Waals surface area (Å²) in [5, 5.41) is 0.291. The third kappa shape index (κ3) is 4.47. The molecular weight excluding hydrogens is 485 g/mol. The molecule has 4 heteroatoms. The van der Waals surface area contributed by atoms with Gasteiger partial charge in [-0.1, -0.05) is 92.0 Å². The second-order valence-electron chi connectivity index (χ2n) is 16.7. The maximum atomic E-state index is 7.75. The standard InChI is InChI=1S/C33H60O2Si2/c1-14-24-18-20-27-26-19-17-25-16-15-22-33(34-36(10,11)29(2,3)4,35-37(12,13)30(5,6)7)32(25,9)28(26)21-23-31(24,27)8/h17,19,24,27-28H,14-16,18,20-23H2,1-13H3/t24-,27-,28-,31+,32-/m0/s1. The van der Waals surface area contributed by atoms with Crippen molar-refractivity contribution in [3.8, 4) is 0 Å². The molecule has 0 aliphatic heterocycles. The van der Waals surface area contributed by atoms with E-state index in [4.69, 9.17) is 8.85 Å². The van der Waals surface area contributed by atoms with Gasteiger partial charge in [0.1, 0.15) is 0 Å². The highest BCUT2D eigenvalue weighted by molar-refractivity contribution is 6.75. The van der Waals surface area contributed by atoms with E-state index < -0.39 is 22.4 Å². The van der Waals surface area contributed by atoms with Crippen molar-refractivity contribution in [2.45, 2.75) is 156 Å². The van der Waals surface area contributed by atoms with E-state index >= 15 is 0 Å². The topological polar surface area (TPSA) is 18.5 Å². The Morgan fingerprint density at radius 1 is 0.811 bits per heavy atom. The average Bonchev–Trinajstić information content (AvgIpc) is 3.09. The molecule has 0 aromatic carbocycles. The van der Waals surface area contributed by atoms with E-state index in [1.807, 2.05) is 0 Å². The Hall–Kier alpha value is -0.166. The first kappa shape index (κ1) is 29.8. The van der Waals surface area contributed by atoms with Crippen LogP contribution in [0.1, 0.15) is 114 Å². The second-order valence-corrected chi connectivity index (χ2v) is 26.2. The van der Waals surface area contributed by atoms with Crippen molar-refractivity contribution in [3.63, 3.8) is 0 Å². The normalized spacial score (nSPS) is 36.3. The first-order valence-electron chi connectivity index (χ1n) is 15.6. The molecule has 0 saturated heterocycles. The number of fused-ring (bicyclic) bond motifs is 5. The molecule has 3 fully saturated rings. The third-order valence-electron chi connectivity index (χ3n) is 12.8. The summed E-state index contributed by atoms with van der Waals surface area (Å²) in [4.78, 5) is 0. The molecule has 0 unspecified atom stereocenters. The number of allylic oxidation sites excluding steroid dienone is 3. The first-order chi connectivity index (χ1) is 16.8. The predicted molar refractivity (Wildman–Crippen MR) is 165 cm³/mol. The van der Waals surface area contributed by atoms with Gasteiger partial charge in [-0.3, -0.25) is 0 Å². The Balaban J connectivity index is 1.87. The molecule has 5 atom stereocenters. The lowest BCUT2D eigenvalue weighted by atomic mass is 9.49. The van der Waals surface area contributed by atoms with Crippen molar-refractivity contribution in [2.24, 2.45) is 28.6 Å². The predicted octanol–water partition coefficient (Wildman–Crippen LogP) is 10.6. The second kappa shape index (κ2) is 9.18. The molecule has 0 aromatic heterocycles. The molecule has 212 valence electrons. The van der Waals surface area contributed by atoms with Gasteiger partial charge in [-0.2, -0.15) is 0 Å². The highest BCUT2D eigenvalue weighted by Crippen LogP contribution is 2.69. The molecule has 4 rings (SSSR count). The zero-order chi connectivity index (χ0) is 27.9. The average molecular weight is 545 g/mol. The Morgan fingerprint density at radius 2 is 1.38 bits per heavy atom. The van der Waals surface area contributed by atoms with E-state index in [-0.39, 0.29) is 15.5 Å². The Labute approximate surface area is 232 Å². The summed E-state index contributed by atoms with van der Waals surface area (Å²) in [6.45, 7) is 31.8. The quantitative estimate of drug-likeness (QED) is 0.253. The summed E-state index contributed by atoms with van der Waals surface area (Å²) in [5.41, 5.74) is 3.74. The van der Waals surface area contributed by atoms with Crippen LogP contribution < -0.4 is 0 Å². The molecule has 0 amide bonds. The minimum atomic E-state index is -2.11. The largest absolute Gasteiger partial charge is 0.390 e. The van der Waals surface area contributed by atoms with Gasteiger partial charge in [0.15, 0.2) is 22.4 Å². The molecule has 4 aliphatic carbocycles. The van der Waals surface area contributed by atoms with Gasteiger partial charge in [-0.05, 0) is 98.0 Å². The van der Waals surface area contributed by atoms with Gasteiger partial charge in [-0.15, -0.1) is 0 Å². The minimum absolute atomic E-state index is 0.0913. The van der Waals surface area contributed by atoms with Crippen LogP contribution in [0.3, 0.4) is 0 Å². The van der Waals surface area contributed by atoms with Crippen molar-refractivity contribution < 1.29 is 8.85 Å². The number of hydrogen-bond acceptors (Lipinski definition) is 2. The highest BCUT2D eigenvalue weighted by atomic mass is 28.4. The maximum Gasteiger partial charge on any atom is 0.195 e. The van der Waals surface area contributed by atoms with Crippen molar-refractivity contribution >= 4 is 16.6 Å². The van der Waals surface area contributed by atoms with E-state index in [1.165, 1.54) is 44.9 Å². The van der Waals surface area contributed by atoms with Gasteiger partial charge < -0.3 is 8.85 Å². The molecule has 0 aromatic rings. The summed E-state index contributed by atoms with van der Waals surface area (Å²) in [6.07, 6.45) is 15.3. The van der Waals surface area contributed by atoms with Crippen LogP contribution in [0.5, 0.6) is 0 Å². The Morgan fingerprint density at radius 3 is 1.89 bits per heavy atom. The number of rotatable bonds is 5. The minimum Gasteiger partial charge on any atom is -0.390 e. The first-order valence-corrected chi connectivity index (χ1v) is 21.4. The lowest BCUT2D eigenvalue weighted by Gasteiger charge is -2.64. The van der Waals surface area contributed by atoms with E-state index in [0.717, 1.165) is 18.3 Å². The van der Waals surface area contributed by atoms with Crippen LogP contribution in [-0.4, -0.2) is 22.4 Å². The van der Waals surface area contributed by atoms with E-state index in [9.17, 15) is 0 Å². The molecule has 4 aliphatic rings. The summed E-state index contributed by atoms with van der Waals surface area (Å²) >= 11 is 0. The van der Waals surface area contributed by atoms with Crippen LogP contribution in [0.4, 0.5) is 0 Å². The van der Waals surface area contributed by atoms with Crippen LogP contribution in [-0.2, 0) is 8.85 Å². The fraction of sp³-hybridized carbons (Fsp3) is 0.879. The Bertz CT molecular complexity index is 918. The zero-order valence-corrected chi connectivity index (χ0v) is 28.9. The van der Waals surface area contributed by atoms with Crippen molar-refractivity contribution in [2.75, 3.05) is 0 Å². The van der Waals surface area contributed by atoms with E-state index in [0.29, 0.717) is 11.3 Å². The SMILES string of the molecule is CC[C@H]1CC[C@H]2C3=CC=C4CCCC(O[Si](C)(C)C(C)(C)C)(O[Si](C)(C)C(C)(C)C)[C@]4(C)[C@H]3CC[C@]12C. The summed E-state index contributed by atoms with van der Waals surface area (Å²) in [7, 11) is -4.22. The van der Waals surface area contributed by atoms with Crippen LogP contribution in [0.15, 0.2) is 23.3 Å². The van der Waals surface area contributed by atoms with Gasteiger partial charge >= 0.3 is 0 Å².